The van der Waals surface area contributed by atoms with Gasteiger partial charge in [-0.3, -0.25) is 14.4 Å². The summed E-state index contributed by atoms with van der Waals surface area (Å²) in [7, 11) is 0. The summed E-state index contributed by atoms with van der Waals surface area (Å²) in [5.41, 5.74) is 1.12. The van der Waals surface area contributed by atoms with Crippen LogP contribution in [0.4, 0.5) is 0 Å². The molecule has 6 heteroatoms. The molecule has 1 N–H and O–H groups in total. The monoisotopic (exact) mass is 253 g/mol. The molecule has 1 aliphatic rings. The lowest BCUT2D eigenvalue weighted by molar-refractivity contribution is -0.140. The van der Waals surface area contributed by atoms with Gasteiger partial charge < -0.3 is 9.84 Å². The summed E-state index contributed by atoms with van der Waals surface area (Å²) >= 11 is 0. The molecular weight excluding hydrogens is 234 g/mol. The molecule has 1 atom stereocenters. The molecule has 1 saturated heterocycles. The number of hydrogen-bond donors (Lipinski definition) is 1. The molecule has 0 spiro atoms. The summed E-state index contributed by atoms with van der Waals surface area (Å²) in [4.78, 5) is 13.0. The topological polar surface area (TPSA) is 67.6 Å². The zero-order valence-corrected chi connectivity index (χ0v) is 10.6. The number of aromatic nitrogens is 2. The third-order valence-corrected chi connectivity index (χ3v) is 3.16. The number of carboxylic acid groups (broad SMARTS) is 1. The number of nitrogens with zero attached hydrogens (tertiary/aromatic N) is 3. The Hall–Kier alpha value is -1.40. The first-order valence-corrected chi connectivity index (χ1v) is 6.24. The van der Waals surface area contributed by atoms with Gasteiger partial charge in [0.2, 0.25) is 0 Å². The molecule has 2 heterocycles. The highest BCUT2D eigenvalue weighted by Crippen LogP contribution is 2.14. The second-order valence-corrected chi connectivity index (χ2v) is 4.50. The van der Waals surface area contributed by atoms with Crippen molar-refractivity contribution in [1.29, 1.82) is 0 Å². The maximum absolute atomic E-state index is 10.8. The molecule has 0 saturated carbocycles. The van der Waals surface area contributed by atoms with Crippen molar-refractivity contribution in [3.63, 3.8) is 0 Å². The zero-order chi connectivity index (χ0) is 13.0. The Morgan fingerprint density at radius 3 is 3.17 bits per heavy atom. The van der Waals surface area contributed by atoms with E-state index in [0.29, 0.717) is 13.2 Å². The molecular formula is C12H19N3O3. The van der Waals surface area contributed by atoms with Crippen LogP contribution in [-0.4, -0.2) is 51.6 Å². The predicted molar refractivity (Wildman–Crippen MR) is 65.2 cm³/mol. The normalized spacial score (nSPS) is 21.1. The van der Waals surface area contributed by atoms with Crippen LogP contribution in [0, 0.1) is 0 Å². The Labute approximate surface area is 106 Å². The van der Waals surface area contributed by atoms with Crippen molar-refractivity contribution in [2.45, 2.75) is 32.5 Å². The van der Waals surface area contributed by atoms with Gasteiger partial charge in [-0.25, -0.2) is 0 Å². The molecule has 1 aliphatic heterocycles. The summed E-state index contributed by atoms with van der Waals surface area (Å²) in [6.07, 6.45) is 3.98. The average molecular weight is 253 g/mol. The number of hydrogen-bond acceptors (Lipinski definition) is 4. The van der Waals surface area contributed by atoms with Gasteiger partial charge in [-0.1, -0.05) is 0 Å². The van der Waals surface area contributed by atoms with Gasteiger partial charge in [0.1, 0.15) is 0 Å². The Balaban J connectivity index is 1.98. The van der Waals surface area contributed by atoms with E-state index >= 15 is 0 Å². The van der Waals surface area contributed by atoms with Crippen LogP contribution in [0.3, 0.4) is 0 Å². The van der Waals surface area contributed by atoms with E-state index in [1.807, 2.05) is 24.0 Å². The maximum atomic E-state index is 10.8. The Morgan fingerprint density at radius 2 is 2.50 bits per heavy atom. The van der Waals surface area contributed by atoms with Gasteiger partial charge in [-0.15, -0.1) is 0 Å². The minimum Gasteiger partial charge on any atom is -0.481 e. The average Bonchev–Trinajstić information content (AvgIpc) is 2.79. The van der Waals surface area contributed by atoms with Gasteiger partial charge >= 0.3 is 5.97 Å². The largest absolute Gasteiger partial charge is 0.481 e. The molecule has 1 aromatic rings. The van der Waals surface area contributed by atoms with E-state index in [9.17, 15) is 4.79 Å². The van der Waals surface area contributed by atoms with Gasteiger partial charge in [0.25, 0.3) is 0 Å². The number of ether oxygens (including phenoxy) is 1. The first-order chi connectivity index (χ1) is 8.69. The molecule has 0 aliphatic carbocycles. The van der Waals surface area contributed by atoms with Crippen molar-refractivity contribution in [2.75, 3.05) is 19.8 Å². The highest BCUT2D eigenvalue weighted by Gasteiger charge is 2.25. The summed E-state index contributed by atoms with van der Waals surface area (Å²) in [6.45, 7) is 5.56. The third-order valence-electron chi connectivity index (χ3n) is 3.16. The molecule has 1 aromatic heterocycles. The van der Waals surface area contributed by atoms with E-state index in [1.165, 1.54) is 0 Å². The van der Waals surface area contributed by atoms with E-state index in [4.69, 9.17) is 9.84 Å². The fourth-order valence-electron chi connectivity index (χ4n) is 2.18. The first kappa shape index (κ1) is 13.0. The van der Waals surface area contributed by atoms with Crippen LogP contribution in [-0.2, 0) is 22.6 Å². The van der Waals surface area contributed by atoms with Crippen LogP contribution in [0.2, 0.25) is 0 Å². The van der Waals surface area contributed by atoms with E-state index in [0.717, 1.165) is 25.2 Å². The van der Waals surface area contributed by atoms with E-state index < -0.39 is 5.97 Å². The van der Waals surface area contributed by atoms with Crippen molar-refractivity contribution in [3.05, 3.63) is 18.0 Å². The molecule has 0 radical (unpaired) electrons. The molecule has 6 nitrogen and oxygen atoms in total. The molecule has 0 bridgehead atoms. The molecule has 2 rings (SSSR count). The van der Waals surface area contributed by atoms with Crippen LogP contribution in [0.15, 0.2) is 12.4 Å². The van der Waals surface area contributed by atoms with Crippen LogP contribution < -0.4 is 0 Å². The SMILES string of the molecule is CCn1cc(CN2CCOCC2CC(=O)O)cn1. The lowest BCUT2D eigenvalue weighted by Gasteiger charge is -2.34. The lowest BCUT2D eigenvalue weighted by Crippen LogP contribution is -2.45. The van der Waals surface area contributed by atoms with Crippen molar-refractivity contribution >= 4 is 5.97 Å². The van der Waals surface area contributed by atoms with E-state index in [2.05, 4.69) is 10.00 Å². The minimum atomic E-state index is -0.778. The van der Waals surface area contributed by atoms with Gasteiger partial charge in [0.05, 0.1) is 25.8 Å². The Morgan fingerprint density at radius 1 is 1.67 bits per heavy atom. The summed E-state index contributed by atoms with van der Waals surface area (Å²) in [5, 5.41) is 13.1. The fourth-order valence-corrected chi connectivity index (χ4v) is 2.18. The Kier molecular flexibility index (Phi) is 4.33. The fraction of sp³-hybridized carbons (Fsp3) is 0.667. The molecule has 1 fully saturated rings. The maximum Gasteiger partial charge on any atom is 0.305 e. The highest BCUT2D eigenvalue weighted by atomic mass is 16.5. The van der Waals surface area contributed by atoms with Crippen molar-refractivity contribution in [1.82, 2.24) is 14.7 Å². The molecule has 18 heavy (non-hydrogen) atoms. The molecule has 1 unspecified atom stereocenters. The quantitative estimate of drug-likeness (QED) is 0.831. The molecule has 100 valence electrons. The van der Waals surface area contributed by atoms with Crippen LogP contribution in [0.5, 0.6) is 0 Å². The van der Waals surface area contributed by atoms with Crippen molar-refractivity contribution in [3.8, 4) is 0 Å². The number of aliphatic carboxylic acids is 1. The van der Waals surface area contributed by atoms with Gasteiger partial charge in [0, 0.05) is 37.4 Å². The van der Waals surface area contributed by atoms with Gasteiger partial charge in [-0.05, 0) is 6.92 Å². The van der Waals surface area contributed by atoms with E-state index in [1.54, 1.807) is 0 Å². The summed E-state index contributed by atoms with van der Waals surface area (Å²) in [5.74, 6) is -0.778. The van der Waals surface area contributed by atoms with Crippen LogP contribution in [0.1, 0.15) is 18.9 Å². The van der Waals surface area contributed by atoms with Gasteiger partial charge in [-0.2, -0.15) is 5.10 Å². The third kappa shape index (κ3) is 3.30. The summed E-state index contributed by atoms with van der Waals surface area (Å²) < 4.78 is 7.23. The number of carboxylic acids is 1. The highest BCUT2D eigenvalue weighted by molar-refractivity contribution is 5.67. The molecule has 0 aromatic carbocycles. The van der Waals surface area contributed by atoms with Crippen LogP contribution >= 0.6 is 0 Å². The minimum absolute atomic E-state index is 0.0405. The summed E-state index contributed by atoms with van der Waals surface area (Å²) in [6, 6.07) is -0.0405. The predicted octanol–water partition coefficient (Wildman–Crippen LogP) is 0.578. The Bertz CT molecular complexity index is 405. The second kappa shape index (κ2) is 5.97. The number of carbonyl (C=O) groups is 1. The number of aryl methyl sites for hydroxylation is 1. The lowest BCUT2D eigenvalue weighted by atomic mass is 10.1. The first-order valence-electron chi connectivity index (χ1n) is 6.24. The smallest absolute Gasteiger partial charge is 0.305 e. The molecule has 0 amide bonds. The standard InChI is InChI=1S/C12H19N3O3/c1-2-15-8-10(6-13-15)7-14-3-4-18-9-11(14)5-12(16)17/h6,8,11H,2-5,7,9H2,1H3,(H,16,17). The zero-order valence-electron chi connectivity index (χ0n) is 10.6. The number of morpholine rings is 1. The second-order valence-electron chi connectivity index (χ2n) is 4.50. The number of rotatable bonds is 5. The van der Waals surface area contributed by atoms with Crippen LogP contribution in [0.25, 0.3) is 0 Å². The van der Waals surface area contributed by atoms with Crippen molar-refractivity contribution < 1.29 is 14.6 Å². The van der Waals surface area contributed by atoms with Crippen molar-refractivity contribution in [2.24, 2.45) is 0 Å². The van der Waals surface area contributed by atoms with E-state index in [-0.39, 0.29) is 12.5 Å². The van der Waals surface area contributed by atoms with Gasteiger partial charge in [0.15, 0.2) is 0 Å².